The van der Waals surface area contributed by atoms with Crippen LogP contribution < -0.4 is 20.3 Å². The fraction of sp³-hybridized carbons (Fsp3) is 0.200. The Hall–Kier alpha value is -4.12. The van der Waals surface area contributed by atoms with E-state index in [2.05, 4.69) is 21.1 Å². The lowest BCUT2D eigenvalue weighted by atomic mass is 10.2. The van der Waals surface area contributed by atoms with Crippen molar-refractivity contribution in [3.63, 3.8) is 0 Å². The third-order valence-electron chi connectivity index (χ3n) is 3.68. The molecule has 11 heteroatoms. The average Bonchev–Trinajstić information content (AvgIpc) is 2.76. The number of hydrogen-bond acceptors (Lipinski definition) is 9. The lowest BCUT2D eigenvalue weighted by Crippen LogP contribution is -2.28. The number of carbonyl (C=O) groups is 2. The molecule has 0 spiro atoms. The SMILES string of the molecule is COc1cc(/C=N/NC(=O)COCC(=O)N/N=C/c2ccc(O)c(OC)c2)ccc1O. The molecule has 0 aliphatic heterocycles. The molecule has 0 fully saturated rings. The molecule has 2 amide bonds. The number of nitrogens with zero attached hydrogens (tertiary/aromatic N) is 2. The standard InChI is InChI=1S/C20H22N4O7/c1-29-17-7-13(3-5-15(17)25)9-21-23-19(27)11-31-12-20(28)24-22-10-14-4-6-16(26)18(8-14)30-2/h3-10,25-26H,11-12H2,1-2H3,(H,23,27)(H,24,28)/b21-9+,22-10+. The van der Waals surface area contributed by atoms with E-state index in [1.54, 1.807) is 24.3 Å². The van der Waals surface area contributed by atoms with E-state index in [1.807, 2.05) is 0 Å². The largest absolute Gasteiger partial charge is 0.504 e. The Kier molecular flexibility index (Phi) is 8.80. The van der Waals surface area contributed by atoms with Crippen LogP contribution in [0.4, 0.5) is 0 Å². The first-order valence-corrected chi connectivity index (χ1v) is 8.88. The van der Waals surface area contributed by atoms with Crippen molar-refractivity contribution >= 4 is 24.2 Å². The number of nitrogens with one attached hydrogen (secondary N) is 2. The van der Waals surface area contributed by atoms with Crippen molar-refractivity contribution in [3.8, 4) is 23.0 Å². The summed E-state index contributed by atoms with van der Waals surface area (Å²) in [6.45, 7) is -0.773. The van der Waals surface area contributed by atoms with E-state index in [0.717, 1.165) is 0 Å². The second-order valence-electron chi connectivity index (χ2n) is 5.94. The van der Waals surface area contributed by atoms with Gasteiger partial charge in [0.15, 0.2) is 23.0 Å². The van der Waals surface area contributed by atoms with Crippen LogP contribution in [0.1, 0.15) is 11.1 Å². The van der Waals surface area contributed by atoms with Gasteiger partial charge in [0.05, 0.1) is 26.6 Å². The van der Waals surface area contributed by atoms with Crippen molar-refractivity contribution in [3.05, 3.63) is 47.5 Å². The Morgan fingerprint density at radius 3 is 1.65 bits per heavy atom. The molecule has 2 aromatic carbocycles. The highest BCUT2D eigenvalue weighted by atomic mass is 16.5. The molecular weight excluding hydrogens is 408 g/mol. The van der Waals surface area contributed by atoms with Gasteiger partial charge in [-0.25, -0.2) is 10.9 Å². The zero-order valence-corrected chi connectivity index (χ0v) is 16.9. The summed E-state index contributed by atoms with van der Waals surface area (Å²) in [4.78, 5) is 23.3. The van der Waals surface area contributed by atoms with E-state index >= 15 is 0 Å². The van der Waals surface area contributed by atoms with Gasteiger partial charge < -0.3 is 24.4 Å². The van der Waals surface area contributed by atoms with Gasteiger partial charge in [0.25, 0.3) is 11.8 Å². The van der Waals surface area contributed by atoms with Crippen molar-refractivity contribution in [1.29, 1.82) is 0 Å². The fourth-order valence-electron chi connectivity index (χ4n) is 2.21. The van der Waals surface area contributed by atoms with E-state index < -0.39 is 11.8 Å². The van der Waals surface area contributed by atoms with Crippen LogP contribution in [0, 0.1) is 0 Å². The molecule has 0 atom stereocenters. The Balaban J connectivity index is 1.69. The van der Waals surface area contributed by atoms with Gasteiger partial charge in [0.2, 0.25) is 0 Å². The van der Waals surface area contributed by atoms with Gasteiger partial charge in [0.1, 0.15) is 13.2 Å². The molecule has 0 heterocycles. The van der Waals surface area contributed by atoms with Crippen LogP contribution >= 0.6 is 0 Å². The maximum Gasteiger partial charge on any atom is 0.266 e. The van der Waals surface area contributed by atoms with Crippen LogP contribution in [0.3, 0.4) is 0 Å². The minimum absolute atomic E-state index is 0.0116. The number of phenolic OH excluding ortho intramolecular Hbond substituents is 2. The highest BCUT2D eigenvalue weighted by molar-refractivity contribution is 5.85. The summed E-state index contributed by atoms with van der Waals surface area (Å²) in [5, 5.41) is 26.6. The van der Waals surface area contributed by atoms with E-state index in [-0.39, 0.29) is 36.2 Å². The molecule has 2 rings (SSSR count). The van der Waals surface area contributed by atoms with Crippen LogP contribution in [-0.2, 0) is 14.3 Å². The lowest BCUT2D eigenvalue weighted by molar-refractivity contribution is -0.130. The molecule has 0 saturated carbocycles. The number of hydrazone groups is 2. The van der Waals surface area contributed by atoms with Crippen LogP contribution in [-0.4, -0.2) is 61.9 Å². The van der Waals surface area contributed by atoms with Crippen molar-refractivity contribution in [2.45, 2.75) is 0 Å². The summed E-state index contributed by atoms with van der Waals surface area (Å²) in [5.41, 5.74) is 5.68. The van der Waals surface area contributed by atoms with Crippen molar-refractivity contribution in [2.24, 2.45) is 10.2 Å². The minimum atomic E-state index is -0.561. The van der Waals surface area contributed by atoms with E-state index in [0.29, 0.717) is 11.1 Å². The molecular formula is C20H22N4O7. The maximum atomic E-state index is 11.7. The first-order valence-electron chi connectivity index (χ1n) is 8.88. The predicted molar refractivity (Wildman–Crippen MR) is 112 cm³/mol. The number of ether oxygens (including phenoxy) is 3. The predicted octanol–water partition coefficient (Wildman–Crippen LogP) is 0.732. The normalized spacial score (nSPS) is 10.9. The Labute approximate surface area is 177 Å². The summed E-state index contributed by atoms with van der Waals surface area (Å²) in [6.07, 6.45) is 2.72. The van der Waals surface area contributed by atoms with E-state index in [1.165, 1.54) is 38.8 Å². The third-order valence-corrected chi connectivity index (χ3v) is 3.68. The quantitative estimate of drug-likeness (QED) is 0.320. The molecule has 0 aromatic heterocycles. The second kappa shape index (κ2) is 11.8. The molecule has 0 aliphatic carbocycles. The van der Waals surface area contributed by atoms with Crippen molar-refractivity contribution in [1.82, 2.24) is 10.9 Å². The number of aromatic hydroxyl groups is 2. The van der Waals surface area contributed by atoms with E-state index in [4.69, 9.17) is 14.2 Å². The van der Waals surface area contributed by atoms with Gasteiger partial charge >= 0.3 is 0 Å². The van der Waals surface area contributed by atoms with Crippen molar-refractivity contribution < 1.29 is 34.0 Å². The second-order valence-corrected chi connectivity index (χ2v) is 5.94. The average molecular weight is 430 g/mol. The fourth-order valence-corrected chi connectivity index (χ4v) is 2.21. The number of carbonyl (C=O) groups excluding carboxylic acids is 2. The molecule has 0 bridgehead atoms. The number of methoxy groups -OCH3 is 2. The molecule has 0 aliphatic rings. The van der Waals surface area contributed by atoms with Gasteiger partial charge in [-0.2, -0.15) is 10.2 Å². The smallest absolute Gasteiger partial charge is 0.266 e. The molecule has 0 saturated heterocycles. The number of benzene rings is 2. The Morgan fingerprint density at radius 2 is 1.26 bits per heavy atom. The summed E-state index contributed by atoms with van der Waals surface area (Å²) < 4.78 is 14.9. The van der Waals surface area contributed by atoms with Gasteiger partial charge in [0, 0.05) is 0 Å². The van der Waals surface area contributed by atoms with Gasteiger partial charge in [-0.05, 0) is 47.5 Å². The van der Waals surface area contributed by atoms with Crippen LogP contribution in [0.5, 0.6) is 23.0 Å². The molecule has 2 aromatic rings. The van der Waals surface area contributed by atoms with Crippen LogP contribution in [0.2, 0.25) is 0 Å². The highest BCUT2D eigenvalue weighted by Gasteiger charge is 2.05. The molecule has 11 nitrogen and oxygen atoms in total. The topological polar surface area (TPSA) is 151 Å². The van der Waals surface area contributed by atoms with E-state index in [9.17, 15) is 19.8 Å². The summed E-state index contributed by atoms with van der Waals surface area (Å²) in [5.74, 6) is -0.595. The Morgan fingerprint density at radius 1 is 0.839 bits per heavy atom. The zero-order valence-electron chi connectivity index (χ0n) is 16.9. The summed E-state index contributed by atoms with van der Waals surface area (Å²) in [7, 11) is 2.84. The monoisotopic (exact) mass is 430 g/mol. The number of hydrogen-bond donors (Lipinski definition) is 4. The van der Waals surface area contributed by atoms with Crippen LogP contribution in [0.15, 0.2) is 46.6 Å². The zero-order chi connectivity index (χ0) is 22.6. The summed E-state index contributed by atoms with van der Waals surface area (Å²) in [6, 6.07) is 9.13. The number of phenols is 2. The third kappa shape index (κ3) is 7.66. The number of amides is 2. The molecule has 164 valence electrons. The maximum absolute atomic E-state index is 11.7. The number of rotatable bonds is 10. The summed E-state index contributed by atoms with van der Waals surface area (Å²) >= 11 is 0. The van der Waals surface area contributed by atoms with Gasteiger partial charge in [-0.15, -0.1) is 0 Å². The van der Waals surface area contributed by atoms with Crippen LogP contribution in [0.25, 0.3) is 0 Å². The molecule has 0 radical (unpaired) electrons. The minimum Gasteiger partial charge on any atom is -0.504 e. The van der Waals surface area contributed by atoms with Crippen molar-refractivity contribution in [2.75, 3.05) is 27.4 Å². The lowest BCUT2D eigenvalue weighted by Gasteiger charge is -2.04. The molecule has 4 N–H and O–H groups in total. The Bertz CT molecular complexity index is 898. The van der Waals surface area contributed by atoms with Gasteiger partial charge in [-0.1, -0.05) is 0 Å². The molecule has 0 unspecified atom stereocenters. The molecule has 31 heavy (non-hydrogen) atoms. The highest BCUT2D eigenvalue weighted by Crippen LogP contribution is 2.26. The van der Waals surface area contributed by atoms with Gasteiger partial charge in [-0.3, -0.25) is 9.59 Å². The first-order chi connectivity index (χ1) is 14.9. The first kappa shape index (κ1) is 23.2.